The molecule has 0 amide bonds. The van der Waals surface area contributed by atoms with E-state index in [4.69, 9.17) is 5.73 Å². The van der Waals surface area contributed by atoms with Crippen LogP contribution in [-0.4, -0.2) is 19.1 Å². The Labute approximate surface area is 103 Å². The maximum Gasteiger partial charge on any atom is 0.153 e. The number of aliphatic imine (C=N–C) groups is 2. The Morgan fingerprint density at radius 2 is 2.12 bits per heavy atom. The van der Waals surface area contributed by atoms with Crippen molar-refractivity contribution in [3.05, 3.63) is 29.3 Å². The summed E-state index contributed by atoms with van der Waals surface area (Å²) in [5.74, 6) is 0.771. The van der Waals surface area contributed by atoms with E-state index < -0.39 is 0 Å². The fourth-order valence-corrected chi connectivity index (χ4v) is 1.59. The van der Waals surface area contributed by atoms with Gasteiger partial charge in [-0.1, -0.05) is 20.3 Å². The quantitative estimate of drug-likeness (QED) is 0.483. The lowest BCUT2D eigenvalue weighted by Gasteiger charge is -2.06. The average Bonchev–Trinajstić information content (AvgIpc) is 2.36. The Morgan fingerprint density at radius 1 is 1.35 bits per heavy atom. The van der Waals surface area contributed by atoms with Crippen molar-refractivity contribution in [2.24, 2.45) is 9.98 Å². The molecule has 1 rings (SSSR count). The maximum absolute atomic E-state index is 5.88. The number of aryl methyl sites for hydroxylation is 1. The molecule has 0 spiro atoms. The van der Waals surface area contributed by atoms with Crippen molar-refractivity contribution >= 4 is 17.7 Å². The van der Waals surface area contributed by atoms with Crippen molar-refractivity contribution in [2.45, 2.75) is 33.1 Å². The molecule has 0 heterocycles. The van der Waals surface area contributed by atoms with E-state index in [0.29, 0.717) is 0 Å². The molecule has 0 radical (unpaired) electrons. The van der Waals surface area contributed by atoms with Gasteiger partial charge >= 0.3 is 0 Å². The zero-order chi connectivity index (χ0) is 12.7. The van der Waals surface area contributed by atoms with E-state index in [1.807, 2.05) is 18.3 Å². The zero-order valence-electron chi connectivity index (χ0n) is 10.9. The number of nitrogens with two attached hydrogens (primary N) is 1. The minimum atomic E-state index is 0.771. The van der Waals surface area contributed by atoms with Gasteiger partial charge in [-0.3, -0.25) is 4.99 Å². The Bertz CT molecular complexity index is 419. The number of amidine groups is 1. The van der Waals surface area contributed by atoms with Gasteiger partial charge < -0.3 is 5.73 Å². The molecule has 0 bridgehead atoms. The number of rotatable bonds is 4. The smallest absolute Gasteiger partial charge is 0.153 e. The molecule has 0 aliphatic carbocycles. The fourth-order valence-electron chi connectivity index (χ4n) is 1.59. The molecule has 0 aliphatic heterocycles. The second-order valence-corrected chi connectivity index (χ2v) is 3.91. The standard InChI is InChI=1S/C14H21N3/c1-4-6-9-17-14(16-3)12-7-8-13(15)11(5-2)10-12/h7-10H,4-6,15H2,1-3H3/b16-14-,17-9-. The zero-order valence-corrected chi connectivity index (χ0v) is 10.9. The first-order chi connectivity index (χ1) is 8.22. The van der Waals surface area contributed by atoms with Crippen molar-refractivity contribution in [2.75, 3.05) is 12.8 Å². The third-order valence-electron chi connectivity index (χ3n) is 2.63. The molecule has 0 unspecified atom stereocenters. The first-order valence-corrected chi connectivity index (χ1v) is 6.11. The van der Waals surface area contributed by atoms with Crippen molar-refractivity contribution in [1.82, 2.24) is 0 Å². The van der Waals surface area contributed by atoms with E-state index in [1.54, 1.807) is 7.05 Å². The van der Waals surface area contributed by atoms with Crippen LogP contribution in [0, 0.1) is 0 Å². The van der Waals surface area contributed by atoms with Gasteiger partial charge in [0.15, 0.2) is 5.84 Å². The van der Waals surface area contributed by atoms with Gasteiger partial charge in [0.05, 0.1) is 0 Å². The molecule has 0 atom stereocenters. The Hall–Kier alpha value is -1.64. The highest BCUT2D eigenvalue weighted by molar-refractivity contribution is 6.03. The van der Waals surface area contributed by atoms with Gasteiger partial charge in [0, 0.05) is 24.5 Å². The van der Waals surface area contributed by atoms with Crippen molar-refractivity contribution in [3.8, 4) is 0 Å². The highest BCUT2D eigenvalue weighted by atomic mass is 14.9. The summed E-state index contributed by atoms with van der Waals surface area (Å²) < 4.78 is 0. The molecule has 3 nitrogen and oxygen atoms in total. The number of benzene rings is 1. The first kappa shape index (κ1) is 13.4. The monoisotopic (exact) mass is 231 g/mol. The summed E-state index contributed by atoms with van der Waals surface area (Å²) >= 11 is 0. The fraction of sp³-hybridized carbons (Fsp3) is 0.429. The van der Waals surface area contributed by atoms with Crippen molar-refractivity contribution < 1.29 is 0 Å². The van der Waals surface area contributed by atoms with E-state index in [2.05, 4.69) is 29.9 Å². The Balaban J connectivity index is 2.97. The maximum atomic E-state index is 5.88. The van der Waals surface area contributed by atoms with Crippen LogP contribution < -0.4 is 5.73 Å². The molecule has 2 N–H and O–H groups in total. The number of hydrogen-bond donors (Lipinski definition) is 1. The highest BCUT2D eigenvalue weighted by Crippen LogP contribution is 2.15. The van der Waals surface area contributed by atoms with Crippen LogP contribution in [0.5, 0.6) is 0 Å². The van der Waals surface area contributed by atoms with Crippen LogP contribution in [0.25, 0.3) is 0 Å². The van der Waals surface area contributed by atoms with E-state index in [9.17, 15) is 0 Å². The predicted molar refractivity (Wildman–Crippen MR) is 76.1 cm³/mol. The van der Waals surface area contributed by atoms with Crippen LogP contribution in [0.2, 0.25) is 0 Å². The van der Waals surface area contributed by atoms with Gasteiger partial charge in [-0.05, 0) is 36.6 Å². The molecule has 0 aliphatic rings. The van der Waals surface area contributed by atoms with Crippen LogP contribution in [0.1, 0.15) is 37.8 Å². The lowest BCUT2D eigenvalue weighted by atomic mass is 10.1. The van der Waals surface area contributed by atoms with Gasteiger partial charge in [-0.15, -0.1) is 0 Å². The summed E-state index contributed by atoms with van der Waals surface area (Å²) in [7, 11) is 1.76. The van der Waals surface area contributed by atoms with Gasteiger partial charge in [0.1, 0.15) is 0 Å². The molecule has 0 fully saturated rings. The van der Waals surface area contributed by atoms with Gasteiger partial charge in [0.2, 0.25) is 0 Å². The molecular weight excluding hydrogens is 210 g/mol. The molecule has 0 saturated carbocycles. The van der Waals surface area contributed by atoms with E-state index in [1.165, 1.54) is 0 Å². The predicted octanol–water partition coefficient (Wildman–Crippen LogP) is 3.08. The molecule has 92 valence electrons. The lowest BCUT2D eigenvalue weighted by Crippen LogP contribution is -2.01. The van der Waals surface area contributed by atoms with Crippen molar-refractivity contribution in [1.29, 1.82) is 0 Å². The van der Waals surface area contributed by atoms with E-state index in [0.717, 1.165) is 41.9 Å². The molecule has 0 saturated heterocycles. The van der Waals surface area contributed by atoms with E-state index in [-0.39, 0.29) is 0 Å². The van der Waals surface area contributed by atoms with E-state index >= 15 is 0 Å². The molecular formula is C14H21N3. The SMILES string of the molecule is CCC/C=N\C(=N/C)c1ccc(N)c(CC)c1. The average molecular weight is 231 g/mol. The number of nitrogen functional groups attached to an aromatic ring is 1. The summed E-state index contributed by atoms with van der Waals surface area (Å²) in [5.41, 5.74) is 8.90. The van der Waals surface area contributed by atoms with Gasteiger partial charge in [-0.25, -0.2) is 4.99 Å². The molecule has 1 aromatic carbocycles. The van der Waals surface area contributed by atoms with Crippen LogP contribution in [0.4, 0.5) is 5.69 Å². The summed E-state index contributed by atoms with van der Waals surface area (Å²) in [6.45, 7) is 4.23. The normalized spacial score (nSPS) is 12.3. The van der Waals surface area contributed by atoms with Gasteiger partial charge in [-0.2, -0.15) is 0 Å². The summed E-state index contributed by atoms with van der Waals surface area (Å²) in [4.78, 5) is 8.60. The summed E-state index contributed by atoms with van der Waals surface area (Å²) in [5, 5.41) is 0. The second kappa shape index (κ2) is 6.84. The third kappa shape index (κ3) is 3.70. The summed E-state index contributed by atoms with van der Waals surface area (Å²) in [6, 6.07) is 5.97. The van der Waals surface area contributed by atoms with Gasteiger partial charge in [0.25, 0.3) is 0 Å². The third-order valence-corrected chi connectivity index (χ3v) is 2.63. The molecule has 17 heavy (non-hydrogen) atoms. The lowest BCUT2D eigenvalue weighted by molar-refractivity contribution is 1.01. The largest absolute Gasteiger partial charge is 0.399 e. The minimum absolute atomic E-state index is 0.771. The van der Waals surface area contributed by atoms with Crippen LogP contribution in [0.15, 0.2) is 28.2 Å². The Morgan fingerprint density at radius 3 is 2.71 bits per heavy atom. The summed E-state index contributed by atoms with van der Waals surface area (Å²) in [6.07, 6.45) is 4.93. The van der Waals surface area contributed by atoms with Crippen LogP contribution >= 0.6 is 0 Å². The highest BCUT2D eigenvalue weighted by Gasteiger charge is 2.03. The van der Waals surface area contributed by atoms with Crippen LogP contribution in [-0.2, 0) is 6.42 Å². The second-order valence-electron chi connectivity index (χ2n) is 3.91. The topological polar surface area (TPSA) is 50.7 Å². The number of unbranched alkanes of at least 4 members (excludes halogenated alkanes) is 1. The molecule has 1 aromatic rings. The first-order valence-electron chi connectivity index (χ1n) is 6.11. The number of anilines is 1. The number of hydrogen-bond acceptors (Lipinski definition) is 2. The molecule has 0 aromatic heterocycles. The van der Waals surface area contributed by atoms with Crippen molar-refractivity contribution in [3.63, 3.8) is 0 Å². The number of nitrogens with zero attached hydrogens (tertiary/aromatic N) is 2. The Kier molecular flexibility index (Phi) is 5.40. The van der Waals surface area contributed by atoms with Crippen LogP contribution in [0.3, 0.4) is 0 Å². The minimum Gasteiger partial charge on any atom is -0.399 e. The molecule has 3 heteroatoms.